The lowest BCUT2D eigenvalue weighted by Gasteiger charge is -2.16. The van der Waals surface area contributed by atoms with E-state index in [1.54, 1.807) is 12.1 Å². The highest BCUT2D eigenvalue weighted by Crippen LogP contribution is 2.25. The average Bonchev–Trinajstić information content (AvgIpc) is 3.12. The first-order valence-electron chi connectivity index (χ1n) is 6.00. The molecule has 0 amide bonds. The third-order valence-corrected chi connectivity index (χ3v) is 3.62. The SMILES string of the molecule is CN(CCOc1ccc(C(N)=S)c(Cl)c1)C1CC1. The van der Waals surface area contributed by atoms with Crippen LogP contribution in [0.3, 0.4) is 0 Å². The molecule has 98 valence electrons. The smallest absolute Gasteiger partial charge is 0.120 e. The van der Waals surface area contributed by atoms with Crippen LogP contribution in [0.2, 0.25) is 5.02 Å². The van der Waals surface area contributed by atoms with E-state index in [-0.39, 0.29) is 0 Å². The van der Waals surface area contributed by atoms with Gasteiger partial charge in [-0.15, -0.1) is 0 Å². The molecule has 0 atom stereocenters. The maximum absolute atomic E-state index is 6.07. The molecule has 0 spiro atoms. The van der Waals surface area contributed by atoms with Crippen LogP contribution in [0, 0.1) is 0 Å². The van der Waals surface area contributed by atoms with E-state index >= 15 is 0 Å². The molecule has 0 aliphatic heterocycles. The van der Waals surface area contributed by atoms with Crippen LogP contribution in [0.1, 0.15) is 18.4 Å². The van der Waals surface area contributed by atoms with Crippen molar-refractivity contribution in [2.75, 3.05) is 20.2 Å². The Bertz CT molecular complexity index is 449. The highest BCUT2D eigenvalue weighted by molar-refractivity contribution is 7.80. The van der Waals surface area contributed by atoms with Crippen molar-refractivity contribution in [3.8, 4) is 5.75 Å². The molecule has 0 heterocycles. The van der Waals surface area contributed by atoms with Gasteiger partial charge in [0.25, 0.3) is 0 Å². The van der Waals surface area contributed by atoms with Crippen LogP contribution >= 0.6 is 23.8 Å². The number of nitrogens with zero attached hydrogens (tertiary/aromatic N) is 1. The van der Waals surface area contributed by atoms with Gasteiger partial charge in [-0.25, -0.2) is 0 Å². The molecule has 0 radical (unpaired) electrons. The highest BCUT2D eigenvalue weighted by Gasteiger charge is 2.25. The Morgan fingerprint density at radius 3 is 2.83 bits per heavy atom. The fourth-order valence-electron chi connectivity index (χ4n) is 1.79. The number of halogens is 1. The fourth-order valence-corrected chi connectivity index (χ4v) is 2.30. The van der Waals surface area contributed by atoms with Crippen LogP contribution in [0.5, 0.6) is 5.75 Å². The zero-order valence-corrected chi connectivity index (χ0v) is 11.9. The zero-order valence-electron chi connectivity index (χ0n) is 10.4. The van der Waals surface area contributed by atoms with E-state index in [0.717, 1.165) is 18.3 Å². The van der Waals surface area contributed by atoms with Crippen LogP contribution < -0.4 is 10.5 Å². The Hall–Kier alpha value is -0.840. The van der Waals surface area contributed by atoms with E-state index in [1.807, 2.05) is 6.07 Å². The third kappa shape index (κ3) is 3.57. The second-order valence-electron chi connectivity index (χ2n) is 4.57. The number of ether oxygens (including phenoxy) is 1. The molecule has 1 aromatic rings. The maximum atomic E-state index is 6.07. The van der Waals surface area contributed by atoms with Gasteiger partial charge in [0.15, 0.2) is 0 Å². The van der Waals surface area contributed by atoms with Crippen molar-refractivity contribution in [3.05, 3.63) is 28.8 Å². The van der Waals surface area contributed by atoms with E-state index < -0.39 is 0 Å². The molecular weight excluding hydrogens is 268 g/mol. The lowest BCUT2D eigenvalue weighted by molar-refractivity contribution is 0.232. The summed E-state index contributed by atoms with van der Waals surface area (Å²) >= 11 is 11.0. The Morgan fingerprint density at radius 2 is 2.28 bits per heavy atom. The van der Waals surface area contributed by atoms with Crippen LogP contribution in [0.25, 0.3) is 0 Å². The molecule has 0 bridgehead atoms. The summed E-state index contributed by atoms with van der Waals surface area (Å²) in [4.78, 5) is 2.63. The van der Waals surface area contributed by atoms with E-state index in [0.29, 0.717) is 22.2 Å². The minimum atomic E-state index is 0.306. The van der Waals surface area contributed by atoms with Crippen LogP contribution in [0.15, 0.2) is 18.2 Å². The number of benzene rings is 1. The first kappa shape index (κ1) is 13.6. The van der Waals surface area contributed by atoms with Crippen molar-refractivity contribution in [2.24, 2.45) is 5.73 Å². The molecule has 5 heteroatoms. The van der Waals surface area contributed by atoms with Crippen LogP contribution in [-0.4, -0.2) is 36.1 Å². The molecule has 1 aromatic carbocycles. The van der Waals surface area contributed by atoms with Crippen LogP contribution in [-0.2, 0) is 0 Å². The van der Waals surface area contributed by atoms with Crippen molar-refractivity contribution in [1.82, 2.24) is 4.90 Å². The minimum absolute atomic E-state index is 0.306. The summed E-state index contributed by atoms with van der Waals surface area (Å²) in [6.45, 7) is 1.59. The first-order valence-corrected chi connectivity index (χ1v) is 6.79. The van der Waals surface area contributed by atoms with Crippen molar-refractivity contribution >= 4 is 28.8 Å². The zero-order chi connectivity index (χ0) is 13.1. The molecule has 2 N–H and O–H groups in total. The largest absolute Gasteiger partial charge is 0.492 e. The molecule has 0 saturated heterocycles. The van der Waals surface area contributed by atoms with Crippen molar-refractivity contribution < 1.29 is 4.74 Å². The van der Waals surface area contributed by atoms with E-state index in [9.17, 15) is 0 Å². The number of thiocarbonyl (C=S) groups is 1. The Kier molecular flexibility index (Phi) is 4.43. The summed E-state index contributed by atoms with van der Waals surface area (Å²) in [5.74, 6) is 0.754. The van der Waals surface area contributed by atoms with Gasteiger partial charge in [-0.3, -0.25) is 0 Å². The number of nitrogens with two attached hydrogens (primary N) is 1. The Balaban J connectivity index is 1.85. The molecule has 1 aliphatic carbocycles. The number of hydrogen-bond acceptors (Lipinski definition) is 3. The van der Waals surface area contributed by atoms with Gasteiger partial charge < -0.3 is 15.4 Å². The predicted octanol–water partition coefficient (Wildman–Crippen LogP) is 2.45. The summed E-state index contributed by atoms with van der Waals surface area (Å²) in [6.07, 6.45) is 2.62. The van der Waals surface area contributed by atoms with Crippen molar-refractivity contribution in [2.45, 2.75) is 18.9 Å². The molecule has 3 nitrogen and oxygen atoms in total. The standard InChI is InChI=1S/C13H17ClN2OS/c1-16(9-2-3-9)6-7-17-10-4-5-11(13(15)18)12(14)8-10/h4-5,8-9H,2-3,6-7H2,1H3,(H2,15,18). The number of rotatable bonds is 6. The first-order chi connectivity index (χ1) is 8.58. The van der Waals surface area contributed by atoms with Gasteiger partial charge in [-0.2, -0.15) is 0 Å². The molecule has 0 aromatic heterocycles. The van der Waals surface area contributed by atoms with Gasteiger partial charge in [0.05, 0.1) is 5.02 Å². The van der Waals surface area contributed by atoms with Gasteiger partial charge in [-0.1, -0.05) is 23.8 Å². The Labute approximate surface area is 118 Å². The van der Waals surface area contributed by atoms with Gasteiger partial charge in [0, 0.05) is 18.2 Å². The second-order valence-corrected chi connectivity index (χ2v) is 5.41. The predicted molar refractivity (Wildman–Crippen MR) is 78.5 cm³/mol. The highest BCUT2D eigenvalue weighted by atomic mass is 35.5. The van der Waals surface area contributed by atoms with Gasteiger partial charge in [-0.05, 0) is 38.1 Å². The van der Waals surface area contributed by atoms with Gasteiger partial charge in [0.2, 0.25) is 0 Å². The fraction of sp³-hybridized carbons (Fsp3) is 0.462. The molecule has 1 fully saturated rings. The third-order valence-electron chi connectivity index (χ3n) is 3.09. The summed E-state index contributed by atoms with van der Waals surface area (Å²) in [6, 6.07) is 6.16. The van der Waals surface area contributed by atoms with Crippen molar-refractivity contribution in [3.63, 3.8) is 0 Å². The summed E-state index contributed by atoms with van der Waals surface area (Å²) in [5, 5.41) is 0.538. The van der Waals surface area contributed by atoms with Crippen LogP contribution in [0.4, 0.5) is 0 Å². The van der Waals surface area contributed by atoms with E-state index in [1.165, 1.54) is 12.8 Å². The van der Waals surface area contributed by atoms with E-state index in [2.05, 4.69) is 11.9 Å². The second kappa shape index (κ2) is 5.87. The van der Waals surface area contributed by atoms with E-state index in [4.69, 9.17) is 34.3 Å². The monoisotopic (exact) mass is 284 g/mol. The molecule has 0 unspecified atom stereocenters. The van der Waals surface area contributed by atoms with Crippen molar-refractivity contribution in [1.29, 1.82) is 0 Å². The quantitative estimate of drug-likeness (QED) is 0.815. The summed E-state index contributed by atoms with van der Waals surface area (Å²) in [5.41, 5.74) is 6.23. The van der Waals surface area contributed by atoms with Gasteiger partial charge >= 0.3 is 0 Å². The summed E-state index contributed by atoms with van der Waals surface area (Å²) < 4.78 is 5.66. The lowest BCUT2D eigenvalue weighted by Crippen LogP contribution is -2.26. The minimum Gasteiger partial charge on any atom is -0.492 e. The molecule has 1 aliphatic rings. The number of hydrogen-bond donors (Lipinski definition) is 1. The summed E-state index contributed by atoms with van der Waals surface area (Å²) in [7, 11) is 2.13. The molecule has 1 saturated carbocycles. The van der Waals surface area contributed by atoms with Gasteiger partial charge in [0.1, 0.15) is 17.3 Å². The molecule has 2 rings (SSSR count). The normalized spacial score (nSPS) is 14.8. The topological polar surface area (TPSA) is 38.5 Å². The number of likely N-dealkylation sites (N-methyl/N-ethyl adjacent to an activating group) is 1. The lowest BCUT2D eigenvalue weighted by atomic mass is 10.2. The molecule has 18 heavy (non-hydrogen) atoms. The Morgan fingerprint density at radius 1 is 1.56 bits per heavy atom. The molecular formula is C13H17ClN2OS. The maximum Gasteiger partial charge on any atom is 0.120 e. The average molecular weight is 285 g/mol.